The monoisotopic (exact) mass is 353 g/mol. The minimum absolute atomic E-state index is 0.0499. The molecule has 0 aliphatic carbocycles. The van der Waals surface area contributed by atoms with Crippen LogP contribution in [0.5, 0.6) is 11.6 Å². The van der Waals surface area contributed by atoms with E-state index in [1.807, 2.05) is 0 Å². The fourth-order valence-corrected chi connectivity index (χ4v) is 2.46. The van der Waals surface area contributed by atoms with Crippen LogP contribution >= 0.6 is 0 Å². The first-order valence-corrected chi connectivity index (χ1v) is 8.30. The fraction of sp³-hybridized carbons (Fsp3) is 0.154. The van der Waals surface area contributed by atoms with Crippen molar-refractivity contribution in [3.8, 4) is 11.6 Å². The summed E-state index contributed by atoms with van der Waals surface area (Å²) in [4.78, 5) is 18.3. The van der Waals surface area contributed by atoms with Gasteiger partial charge >= 0.3 is 6.09 Å². The fourth-order valence-electron chi connectivity index (χ4n) is 1.81. The molecule has 0 bridgehead atoms. The molecular formula is C13H15N5O5S. The largest absolute Gasteiger partial charge is 0.465 e. The summed E-state index contributed by atoms with van der Waals surface area (Å²) in [7, 11) is -3.61. The molecule has 0 saturated heterocycles. The van der Waals surface area contributed by atoms with Gasteiger partial charge in [0.05, 0.1) is 18.0 Å². The van der Waals surface area contributed by atoms with E-state index < -0.39 is 16.1 Å². The number of nitrogen functional groups attached to an aromatic ring is 1. The number of hydrogen-bond donors (Lipinski definition) is 4. The Labute approximate surface area is 137 Å². The SMILES string of the molecule is Nc1nc(CNC(=O)O)cc(Oc2ccc(CS(N)(=O)=O)cc2)n1. The average Bonchev–Trinajstić information content (AvgIpc) is 2.45. The number of carbonyl (C=O) groups is 1. The molecule has 128 valence electrons. The molecule has 11 heteroatoms. The quantitative estimate of drug-likeness (QED) is 0.578. The second-order valence-electron chi connectivity index (χ2n) is 4.77. The highest BCUT2D eigenvalue weighted by atomic mass is 32.2. The molecule has 24 heavy (non-hydrogen) atoms. The molecular weight excluding hydrogens is 338 g/mol. The molecule has 1 aromatic heterocycles. The molecule has 1 heterocycles. The van der Waals surface area contributed by atoms with Crippen LogP contribution in [0.4, 0.5) is 10.7 Å². The van der Waals surface area contributed by atoms with Crippen molar-refractivity contribution < 1.29 is 23.1 Å². The molecule has 0 radical (unpaired) electrons. The third-order valence-electron chi connectivity index (χ3n) is 2.71. The van der Waals surface area contributed by atoms with Crippen molar-refractivity contribution in [2.75, 3.05) is 5.73 Å². The lowest BCUT2D eigenvalue weighted by Gasteiger charge is -2.08. The van der Waals surface area contributed by atoms with Crippen molar-refractivity contribution in [1.29, 1.82) is 0 Å². The first kappa shape index (κ1) is 17.4. The van der Waals surface area contributed by atoms with E-state index >= 15 is 0 Å². The van der Waals surface area contributed by atoms with E-state index in [0.29, 0.717) is 17.0 Å². The van der Waals surface area contributed by atoms with E-state index in [1.165, 1.54) is 6.07 Å². The number of sulfonamides is 1. The van der Waals surface area contributed by atoms with Crippen molar-refractivity contribution in [3.05, 3.63) is 41.6 Å². The summed E-state index contributed by atoms with van der Waals surface area (Å²) < 4.78 is 27.6. The van der Waals surface area contributed by atoms with Gasteiger partial charge in [-0.2, -0.15) is 4.98 Å². The molecule has 0 atom stereocenters. The normalized spacial score (nSPS) is 11.0. The summed E-state index contributed by atoms with van der Waals surface area (Å²) in [6, 6.07) is 7.64. The molecule has 10 nitrogen and oxygen atoms in total. The van der Waals surface area contributed by atoms with E-state index in [2.05, 4.69) is 15.3 Å². The molecule has 0 aliphatic heterocycles. The molecule has 6 N–H and O–H groups in total. The van der Waals surface area contributed by atoms with E-state index in [9.17, 15) is 13.2 Å². The Morgan fingerprint density at radius 2 is 1.92 bits per heavy atom. The molecule has 0 fully saturated rings. The molecule has 2 rings (SSSR count). The van der Waals surface area contributed by atoms with Gasteiger partial charge in [-0.05, 0) is 17.7 Å². The van der Waals surface area contributed by atoms with Crippen LogP contribution in [0.1, 0.15) is 11.3 Å². The van der Waals surface area contributed by atoms with Crippen LogP contribution in [0.15, 0.2) is 30.3 Å². The van der Waals surface area contributed by atoms with Gasteiger partial charge in [-0.25, -0.2) is 23.3 Å². The van der Waals surface area contributed by atoms with Gasteiger partial charge < -0.3 is 20.9 Å². The van der Waals surface area contributed by atoms with Crippen LogP contribution < -0.4 is 20.9 Å². The second-order valence-corrected chi connectivity index (χ2v) is 6.38. The Morgan fingerprint density at radius 3 is 2.50 bits per heavy atom. The van der Waals surface area contributed by atoms with Crippen LogP contribution in [-0.2, 0) is 22.3 Å². The van der Waals surface area contributed by atoms with Gasteiger partial charge in [0.25, 0.3) is 0 Å². The number of nitrogens with one attached hydrogen (secondary N) is 1. The van der Waals surface area contributed by atoms with Gasteiger partial charge in [-0.15, -0.1) is 0 Å². The zero-order valence-corrected chi connectivity index (χ0v) is 13.2. The summed E-state index contributed by atoms with van der Waals surface area (Å²) in [5.74, 6) is 0.173. The maximum absolute atomic E-state index is 11.0. The summed E-state index contributed by atoms with van der Waals surface area (Å²) >= 11 is 0. The van der Waals surface area contributed by atoms with Crippen molar-refractivity contribution in [1.82, 2.24) is 15.3 Å². The Morgan fingerprint density at radius 1 is 1.25 bits per heavy atom. The number of rotatable bonds is 6. The molecule has 1 aromatic carbocycles. The van der Waals surface area contributed by atoms with E-state index in [0.717, 1.165) is 0 Å². The third kappa shape index (κ3) is 5.70. The predicted octanol–water partition coefficient (Wildman–Crippen LogP) is 0.407. The van der Waals surface area contributed by atoms with E-state index in [4.69, 9.17) is 20.7 Å². The van der Waals surface area contributed by atoms with Gasteiger partial charge in [0.15, 0.2) is 0 Å². The number of hydrogen-bond acceptors (Lipinski definition) is 7. The lowest BCUT2D eigenvalue weighted by atomic mass is 10.2. The zero-order valence-electron chi connectivity index (χ0n) is 12.3. The van der Waals surface area contributed by atoms with Crippen LogP contribution in [0.3, 0.4) is 0 Å². The van der Waals surface area contributed by atoms with Crippen LogP contribution in [0, 0.1) is 0 Å². The van der Waals surface area contributed by atoms with Gasteiger partial charge in [0, 0.05) is 6.07 Å². The van der Waals surface area contributed by atoms with Crippen molar-refractivity contribution in [2.24, 2.45) is 5.14 Å². The summed E-state index contributed by atoms with van der Waals surface area (Å²) in [6.07, 6.45) is -1.19. The van der Waals surface area contributed by atoms with Gasteiger partial charge in [-0.1, -0.05) is 12.1 Å². The standard InChI is InChI=1S/C13H15N5O5S/c14-12-17-9(6-16-13(19)20)5-11(18-12)23-10-3-1-8(2-4-10)7-24(15,21)22/h1-5,16H,6-7H2,(H,19,20)(H2,14,17,18)(H2,15,21,22). The average molecular weight is 353 g/mol. The number of carboxylic acid groups (broad SMARTS) is 1. The Bertz CT molecular complexity index is 838. The summed E-state index contributed by atoms with van der Waals surface area (Å²) in [5, 5.41) is 15.7. The molecule has 2 aromatic rings. The molecule has 0 saturated carbocycles. The van der Waals surface area contributed by atoms with Crippen molar-refractivity contribution in [2.45, 2.75) is 12.3 Å². The van der Waals surface area contributed by atoms with Gasteiger partial charge in [-0.3, -0.25) is 0 Å². The number of nitrogens with two attached hydrogens (primary N) is 2. The lowest BCUT2D eigenvalue weighted by Crippen LogP contribution is -2.21. The summed E-state index contributed by atoms with van der Waals surface area (Å²) in [6.45, 7) is -0.0499. The van der Waals surface area contributed by atoms with Crippen LogP contribution in [-0.4, -0.2) is 29.6 Å². The summed E-state index contributed by atoms with van der Waals surface area (Å²) in [5.41, 5.74) is 6.41. The second kappa shape index (κ2) is 7.10. The minimum Gasteiger partial charge on any atom is -0.465 e. The van der Waals surface area contributed by atoms with Crippen LogP contribution in [0.25, 0.3) is 0 Å². The predicted molar refractivity (Wildman–Crippen MR) is 84.6 cm³/mol. The van der Waals surface area contributed by atoms with E-state index in [-0.39, 0.29) is 24.1 Å². The smallest absolute Gasteiger partial charge is 0.404 e. The maximum atomic E-state index is 11.0. The van der Waals surface area contributed by atoms with Gasteiger partial charge in [0.2, 0.25) is 21.9 Å². The highest BCUT2D eigenvalue weighted by molar-refractivity contribution is 7.88. The molecule has 0 spiro atoms. The minimum atomic E-state index is -3.61. The highest BCUT2D eigenvalue weighted by Crippen LogP contribution is 2.21. The Balaban J connectivity index is 2.11. The third-order valence-corrected chi connectivity index (χ3v) is 3.44. The number of ether oxygens (including phenoxy) is 1. The molecule has 0 aliphatic rings. The first-order chi connectivity index (χ1) is 11.2. The van der Waals surface area contributed by atoms with Crippen molar-refractivity contribution >= 4 is 22.1 Å². The molecule has 0 unspecified atom stereocenters. The number of benzene rings is 1. The number of aromatic nitrogens is 2. The van der Waals surface area contributed by atoms with Crippen LogP contribution in [0.2, 0.25) is 0 Å². The maximum Gasteiger partial charge on any atom is 0.404 e. The number of nitrogens with zero attached hydrogens (tertiary/aromatic N) is 2. The number of primary sulfonamides is 1. The molecule has 1 amide bonds. The topological polar surface area (TPSA) is 171 Å². The van der Waals surface area contributed by atoms with E-state index in [1.54, 1.807) is 24.3 Å². The lowest BCUT2D eigenvalue weighted by molar-refractivity contribution is 0.193. The van der Waals surface area contributed by atoms with Gasteiger partial charge in [0.1, 0.15) is 5.75 Å². The highest BCUT2D eigenvalue weighted by Gasteiger charge is 2.08. The Kier molecular flexibility index (Phi) is 5.16. The number of amides is 1. The first-order valence-electron chi connectivity index (χ1n) is 6.59. The number of anilines is 1. The van der Waals surface area contributed by atoms with Crippen molar-refractivity contribution in [3.63, 3.8) is 0 Å². The zero-order chi connectivity index (χ0) is 17.7. The Hall–Kier alpha value is -2.92.